The zero-order valence-electron chi connectivity index (χ0n) is 11.8. The Morgan fingerprint density at radius 2 is 2.16 bits per heavy atom. The molecule has 1 aromatic carbocycles. The van der Waals surface area contributed by atoms with Gasteiger partial charge in [-0.1, -0.05) is 31.5 Å². The number of aromatic nitrogens is 1. The van der Waals surface area contributed by atoms with Crippen LogP contribution < -0.4 is 5.32 Å². The molecule has 0 spiro atoms. The lowest BCUT2D eigenvalue weighted by Crippen LogP contribution is -2.24. The van der Waals surface area contributed by atoms with Gasteiger partial charge in [-0.3, -0.25) is 4.98 Å². The average molecular weight is 254 g/mol. The Bertz CT molecular complexity index is 559. The number of rotatable bonds is 3. The van der Waals surface area contributed by atoms with Gasteiger partial charge in [-0.05, 0) is 48.7 Å². The fourth-order valence-electron chi connectivity index (χ4n) is 3.61. The lowest BCUT2D eigenvalue weighted by molar-refractivity contribution is 0.381. The van der Waals surface area contributed by atoms with Gasteiger partial charge in [-0.2, -0.15) is 0 Å². The van der Waals surface area contributed by atoms with E-state index in [9.17, 15) is 0 Å². The first-order chi connectivity index (χ1) is 9.29. The van der Waals surface area contributed by atoms with Gasteiger partial charge in [0.1, 0.15) is 0 Å². The molecule has 2 aromatic rings. The van der Waals surface area contributed by atoms with Gasteiger partial charge in [-0.25, -0.2) is 0 Å². The maximum Gasteiger partial charge on any atom is 0.0353 e. The number of hydrogen-bond acceptors (Lipinski definition) is 2. The third kappa shape index (κ3) is 2.37. The standard InChI is InChI=1S/C17H22N2/c1-12-6-7-14(10-12)17(18-2)15-5-3-4-13-8-9-19-11-16(13)15/h3-5,8-9,11-12,14,17-18H,6-7,10H2,1-2H3. The van der Waals surface area contributed by atoms with Crippen molar-refractivity contribution in [1.29, 1.82) is 0 Å². The van der Waals surface area contributed by atoms with Crippen LogP contribution in [0.1, 0.15) is 37.8 Å². The van der Waals surface area contributed by atoms with Crippen molar-refractivity contribution >= 4 is 10.8 Å². The van der Waals surface area contributed by atoms with Gasteiger partial charge < -0.3 is 5.32 Å². The highest BCUT2D eigenvalue weighted by atomic mass is 14.9. The maximum atomic E-state index is 4.30. The van der Waals surface area contributed by atoms with Crippen LogP contribution in [0.25, 0.3) is 10.8 Å². The number of nitrogens with one attached hydrogen (secondary N) is 1. The summed E-state index contributed by atoms with van der Waals surface area (Å²) in [6.07, 6.45) is 7.92. The van der Waals surface area contributed by atoms with Crippen LogP contribution in [0.3, 0.4) is 0 Å². The van der Waals surface area contributed by atoms with Crippen molar-refractivity contribution in [3.8, 4) is 0 Å². The lowest BCUT2D eigenvalue weighted by atomic mass is 9.88. The van der Waals surface area contributed by atoms with Crippen LogP contribution in [-0.4, -0.2) is 12.0 Å². The fraction of sp³-hybridized carbons (Fsp3) is 0.471. The van der Waals surface area contributed by atoms with Crippen LogP contribution in [0, 0.1) is 11.8 Å². The van der Waals surface area contributed by atoms with Gasteiger partial charge in [0.15, 0.2) is 0 Å². The third-order valence-electron chi connectivity index (χ3n) is 4.57. The molecule has 0 amide bonds. The van der Waals surface area contributed by atoms with Crippen LogP contribution in [-0.2, 0) is 0 Å². The number of benzene rings is 1. The highest BCUT2D eigenvalue weighted by Crippen LogP contribution is 2.40. The minimum Gasteiger partial charge on any atom is -0.313 e. The van der Waals surface area contributed by atoms with E-state index in [1.54, 1.807) is 0 Å². The monoisotopic (exact) mass is 254 g/mol. The van der Waals surface area contributed by atoms with Crippen LogP contribution >= 0.6 is 0 Å². The quantitative estimate of drug-likeness (QED) is 0.897. The maximum absolute atomic E-state index is 4.30. The molecule has 3 unspecified atom stereocenters. The Labute approximate surface area is 115 Å². The van der Waals surface area contributed by atoms with Gasteiger partial charge in [0.2, 0.25) is 0 Å². The number of hydrogen-bond donors (Lipinski definition) is 1. The van der Waals surface area contributed by atoms with E-state index in [1.807, 2.05) is 12.4 Å². The van der Waals surface area contributed by atoms with Gasteiger partial charge in [0.25, 0.3) is 0 Å². The second kappa shape index (κ2) is 5.30. The molecular formula is C17H22N2. The summed E-state index contributed by atoms with van der Waals surface area (Å²) in [6, 6.07) is 9.15. The normalized spacial score (nSPS) is 24.7. The molecule has 2 nitrogen and oxygen atoms in total. The zero-order chi connectivity index (χ0) is 13.2. The summed E-state index contributed by atoms with van der Waals surface area (Å²) in [5.74, 6) is 1.62. The first-order valence-corrected chi connectivity index (χ1v) is 7.29. The van der Waals surface area contributed by atoms with Crippen LogP contribution in [0.4, 0.5) is 0 Å². The van der Waals surface area contributed by atoms with Crippen molar-refractivity contribution in [2.75, 3.05) is 7.05 Å². The molecule has 0 radical (unpaired) electrons. The Hall–Kier alpha value is -1.41. The largest absolute Gasteiger partial charge is 0.313 e. The predicted octanol–water partition coefficient (Wildman–Crippen LogP) is 3.93. The molecule has 1 aliphatic rings. The second-order valence-corrected chi connectivity index (χ2v) is 5.89. The SMILES string of the molecule is CNC(c1cccc2ccncc12)C1CCC(C)C1. The molecule has 1 N–H and O–H groups in total. The van der Waals surface area contributed by atoms with Crippen molar-refractivity contribution in [2.45, 2.75) is 32.2 Å². The van der Waals surface area contributed by atoms with Crippen LogP contribution in [0.2, 0.25) is 0 Å². The van der Waals surface area contributed by atoms with Crippen molar-refractivity contribution in [3.63, 3.8) is 0 Å². The van der Waals surface area contributed by atoms with Crippen molar-refractivity contribution in [1.82, 2.24) is 10.3 Å². The van der Waals surface area contributed by atoms with E-state index in [1.165, 1.54) is 35.6 Å². The second-order valence-electron chi connectivity index (χ2n) is 5.89. The number of fused-ring (bicyclic) bond motifs is 1. The summed E-state index contributed by atoms with van der Waals surface area (Å²) in [6.45, 7) is 2.37. The van der Waals surface area contributed by atoms with Crippen LogP contribution in [0.15, 0.2) is 36.7 Å². The first kappa shape index (κ1) is 12.6. The molecule has 19 heavy (non-hydrogen) atoms. The van der Waals surface area contributed by atoms with Crippen LogP contribution in [0.5, 0.6) is 0 Å². The lowest BCUT2D eigenvalue weighted by Gasteiger charge is -2.25. The summed E-state index contributed by atoms with van der Waals surface area (Å²) in [5, 5.41) is 6.13. The number of nitrogens with zero attached hydrogens (tertiary/aromatic N) is 1. The Balaban J connectivity index is 2.01. The van der Waals surface area contributed by atoms with Crippen molar-refractivity contribution < 1.29 is 0 Å². The van der Waals surface area contributed by atoms with Gasteiger partial charge in [0, 0.05) is 23.8 Å². The fourth-order valence-corrected chi connectivity index (χ4v) is 3.61. The Morgan fingerprint density at radius 3 is 2.89 bits per heavy atom. The molecule has 0 saturated heterocycles. The molecule has 1 saturated carbocycles. The van der Waals surface area contributed by atoms with E-state index < -0.39 is 0 Å². The molecule has 0 bridgehead atoms. The van der Waals surface area contributed by atoms with Gasteiger partial charge in [0.05, 0.1) is 0 Å². The molecule has 2 heteroatoms. The molecule has 3 atom stereocenters. The summed E-state index contributed by atoms with van der Waals surface area (Å²) in [7, 11) is 2.09. The van der Waals surface area contributed by atoms with E-state index in [2.05, 4.69) is 48.5 Å². The van der Waals surface area contributed by atoms with E-state index in [0.29, 0.717) is 6.04 Å². The topological polar surface area (TPSA) is 24.9 Å². The zero-order valence-corrected chi connectivity index (χ0v) is 11.8. The summed E-state index contributed by atoms with van der Waals surface area (Å²) in [4.78, 5) is 4.30. The number of pyridine rings is 1. The molecule has 1 aromatic heterocycles. The smallest absolute Gasteiger partial charge is 0.0353 e. The summed E-state index contributed by atoms with van der Waals surface area (Å²) in [5.41, 5.74) is 1.41. The van der Waals surface area contributed by atoms with E-state index >= 15 is 0 Å². The molecule has 3 rings (SSSR count). The van der Waals surface area contributed by atoms with Gasteiger partial charge in [-0.15, -0.1) is 0 Å². The highest BCUT2D eigenvalue weighted by molar-refractivity contribution is 5.85. The molecule has 100 valence electrons. The minimum absolute atomic E-state index is 0.456. The Kier molecular flexibility index (Phi) is 3.52. The molecule has 1 aliphatic carbocycles. The highest BCUT2D eigenvalue weighted by Gasteiger charge is 2.29. The molecule has 0 aliphatic heterocycles. The van der Waals surface area contributed by atoms with E-state index in [-0.39, 0.29) is 0 Å². The predicted molar refractivity (Wildman–Crippen MR) is 80.0 cm³/mol. The van der Waals surface area contributed by atoms with Gasteiger partial charge >= 0.3 is 0 Å². The molecule has 1 heterocycles. The minimum atomic E-state index is 0.456. The summed E-state index contributed by atoms with van der Waals surface area (Å²) >= 11 is 0. The van der Waals surface area contributed by atoms with E-state index in [0.717, 1.165) is 11.8 Å². The average Bonchev–Trinajstić information content (AvgIpc) is 2.86. The van der Waals surface area contributed by atoms with Crippen molar-refractivity contribution in [2.24, 2.45) is 11.8 Å². The molecular weight excluding hydrogens is 232 g/mol. The third-order valence-corrected chi connectivity index (χ3v) is 4.57. The summed E-state index contributed by atoms with van der Waals surface area (Å²) < 4.78 is 0. The van der Waals surface area contributed by atoms with E-state index in [4.69, 9.17) is 0 Å². The molecule has 1 fully saturated rings. The first-order valence-electron chi connectivity index (χ1n) is 7.29. The van der Waals surface area contributed by atoms with Crippen molar-refractivity contribution in [3.05, 3.63) is 42.2 Å². The Morgan fingerprint density at radius 1 is 1.26 bits per heavy atom.